The first-order valence-corrected chi connectivity index (χ1v) is 30.8. The molecule has 5 heterocycles. The van der Waals surface area contributed by atoms with Crippen LogP contribution in [0.1, 0.15) is 113 Å². The summed E-state index contributed by atoms with van der Waals surface area (Å²) < 4.78 is 58.8. The molecule has 9 fully saturated rings. The average molecular weight is 1250 g/mol. The maximum atomic E-state index is 15.2. The molecule has 0 unspecified atom stereocenters. The smallest absolute Gasteiger partial charge is 0.335 e. The van der Waals surface area contributed by atoms with E-state index in [4.69, 9.17) is 47.4 Å². The van der Waals surface area contributed by atoms with Gasteiger partial charge in [-0.15, -0.1) is 0 Å². The highest BCUT2D eigenvalue weighted by Crippen LogP contribution is 2.76. The average Bonchev–Trinajstić information content (AvgIpc) is 0.680. The van der Waals surface area contributed by atoms with Crippen LogP contribution in [0.5, 0.6) is 0 Å². The molecule has 33 atom stereocenters. The van der Waals surface area contributed by atoms with Gasteiger partial charge in [0, 0.05) is 5.41 Å². The molecule has 5 aliphatic carbocycles. The molecule has 0 aromatic rings. The normalized spacial score (nSPS) is 54.2. The number of carbonyl (C=O) groups is 2. The molecule has 0 spiro atoms. The number of aliphatic carboxylic acids is 1. The number of hydrogen-bond acceptors (Lipinski definition) is 27. The van der Waals surface area contributed by atoms with E-state index in [1.807, 2.05) is 6.92 Å². The zero-order valence-corrected chi connectivity index (χ0v) is 50.2. The van der Waals surface area contributed by atoms with Crippen LogP contribution in [0.4, 0.5) is 0 Å². The fourth-order valence-electron chi connectivity index (χ4n) is 17.6. The summed E-state index contributed by atoms with van der Waals surface area (Å²) in [6, 6.07) is 0. The van der Waals surface area contributed by atoms with E-state index in [9.17, 15) is 86.5 Å². The van der Waals surface area contributed by atoms with Crippen molar-refractivity contribution in [1.29, 1.82) is 0 Å². The van der Waals surface area contributed by atoms with E-state index in [0.717, 1.165) is 12.0 Å². The number of allylic oxidation sites excluding steroid dienone is 2. The van der Waals surface area contributed by atoms with Crippen molar-refractivity contribution in [3.05, 3.63) is 11.6 Å². The quantitative estimate of drug-likeness (QED) is 0.0456. The molecule has 10 rings (SSSR count). The molecule has 28 heteroatoms. The van der Waals surface area contributed by atoms with Gasteiger partial charge in [0.25, 0.3) is 0 Å². The summed E-state index contributed by atoms with van der Waals surface area (Å²) in [5.74, 6) is -2.68. The van der Waals surface area contributed by atoms with E-state index in [0.29, 0.717) is 57.8 Å². The van der Waals surface area contributed by atoms with E-state index in [1.54, 1.807) is 0 Å². The van der Waals surface area contributed by atoms with Crippen molar-refractivity contribution in [2.75, 3.05) is 26.4 Å². The third kappa shape index (κ3) is 11.4. The van der Waals surface area contributed by atoms with Gasteiger partial charge in [-0.1, -0.05) is 53.2 Å². The topological polar surface area (TPSA) is 450 Å². The molecule has 87 heavy (non-hydrogen) atoms. The van der Waals surface area contributed by atoms with Gasteiger partial charge in [-0.25, -0.2) is 4.79 Å². The number of ether oxygens (including phenoxy) is 10. The van der Waals surface area contributed by atoms with Crippen molar-refractivity contribution in [2.24, 2.45) is 50.2 Å². The van der Waals surface area contributed by atoms with Crippen LogP contribution in [-0.4, -0.2) is 274 Å². The Balaban J connectivity index is 0.834. The van der Waals surface area contributed by atoms with Crippen LogP contribution in [0.25, 0.3) is 0 Å². The zero-order chi connectivity index (χ0) is 63.6. The van der Waals surface area contributed by atoms with Crippen LogP contribution < -0.4 is 0 Å². The highest BCUT2D eigenvalue weighted by atomic mass is 16.8. The minimum Gasteiger partial charge on any atom is -0.479 e. The van der Waals surface area contributed by atoms with Gasteiger partial charge in [0.05, 0.1) is 44.1 Å². The minimum atomic E-state index is -2.01. The van der Waals surface area contributed by atoms with E-state index < -0.39 is 195 Å². The summed E-state index contributed by atoms with van der Waals surface area (Å²) in [6.07, 6.45) is -33.7. The molecule has 0 aromatic carbocycles. The number of fused-ring (bicyclic) bond motifs is 7. The number of aliphatic hydroxyl groups excluding tert-OH is 15. The molecule has 0 aromatic heterocycles. The number of esters is 1. The molecule has 5 aliphatic heterocycles. The fraction of sp³-hybridized carbons (Fsp3) is 0.932. The van der Waals surface area contributed by atoms with Gasteiger partial charge < -0.3 is 129 Å². The van der Waals surface area contributed by atoms with E-state index >= 15 is 4.79 Å². The SMILES string of the molecule is C[C@@H]1O[C@@H](O[C@H]2[C@H](O)[C@@H](O)[C@H](OC[C@H]3O[C@@H](OC(=O)[C@]45CCC(C)(C)C[C@H]4C4=CC[C@@H]6[C@@]7(C)CC[C@H](O[C@@H]8OC[C@H](O)[C@H](O)[C@H]8O[C@@H]8O[C@H](C(=O)O)[C@@H](O)[C@H](O)[C@H]8O)[C@@](C)(CO)[C@@H]7CC[C@@]6(C)[C@]4(C)CC5)[C@H](O)[C@@H](O)[C@@H]3O)O[C@@H]2CO)[C@H](O)[C@H](O)[C@H]1O. The van der Waals surface area contributed by atoms with Gasteiger partial charge in [-0.3, -0.25) is 4.79 Å². The molecule has 5 saturated heterocycles. The Kier molecular flexibility index (Phi) is 19.3. The molecular formula is C59H94O28. The van der Waals surface area contributed by atoms with Gasteiger partial charge in [0.1, 0.15) is 104 Å². The predicted molar refractivity (Wildman–Crippen MR) is 290 cm³/mol. The maximum absolute atomic E-state index is 15.2. The largest absolute Gasteiger partial charge is 0.479 e. The van der Waals surface area contributed by atoms with E-state index in [1.165, 1.54) is 6.92 Å². The molecule has 16 N–H and O–H groups in total. The van der Waals surface area contributed by atoms with Gasteiger partial charge in [-0.05, 0) is 111 Å². The highest BCUT2D eigenvalue weighted by Gasteiger charge is 2.71. The Morgan fingerprint density at radius 3 is 1.86 bits per heavy atom. The first kappa shape index (κ1) is 67.6. The van der Waals surface area contributed by atoms with E-state index in [-0.39, 0.29) is 47.2 Å². The standard InChI is InChI=1S/C59H94O28/c1-23-32(63)35(66)40(71)49(80-23)84-44-27(19-60)81-48(43(74)39(44)70)79-21-28-34(65)36(67)41(72)50(82-28)87-53(77)59-16-14-54(2,3)18-25(59)24-8-9-30-55(4)12-11-31(56(5,22-61)29(55)10-13-58(30,7)57(24,6)15-17-59)83-52-46(33(64)26(62)20-78-52)86-51-42(73)37(68)38(69)45(85-51)47(75)76/h8,23,25-46,48-52,60-74H,9-22H2,1-7H3,(H,75,76)/t23-,25-,26-,27+,28+,29+,30+,31-,32-,33-,34+,35+,36-,37-,38-,39+,40+,41+,42+,43+,44+,45-,46+,48+,49-,50-,51-,52-,55-,56-,57+,58+,59-/m0/s1. The summed E-state index contributed by atoms with van der Waals surface area (Å²) in [5, 5.41) is 172. The lowest BCUT2D eigenvalue weighted by Gasteiger charge is -2.71. The number of aliphatic hydroxyl groups is 15. The second-order valence-corrected chi connectivity index (χ2v) is 28.5. The third-order valence-corrected chi connectivity index (χ3v) is 23.2. The Bertz CT molecular complexity index is 2470. The van der Waals surface area contributed by atoms with Gasteiger partial charge in [0.15, 0.2) is 31.3 Å². The van der Waals surface area contributed by atoms with Crippen LogP contribution in [0.15, 0.2) is 11.6 Å². The van der Waals surface area contributed by atoms with Crippen molar-refractivity contribution in [2.45, 2.75) is 266 Å². The molecular weight excluding hydrogens is 1160 g/mol. The zero-order valence-electron chi connectivity index (χ0n) is 50.2. The first-order valence-electron chi connectivity index (χ1n) is 30.8. The Morgan fingerprint density at radius 1 is 0.586 bits per heavy atom. The summed E-state index contributed by atoms with van der Waals surface area (Å²) in [7, 11) is 0. The summed E-state index contributed by atoms with van der Waals surface area (Å²) in [5.41, 5.74) is -2.25. The van der Waals surface area contributed by atoms with Crippen molar-refractivity contribution in [3.8, 4) is 0 Å². The van der Waals surface area contributed by atoms with E-state index in [2.05, 4.69) is 40.7 Å². The Hall–Kier alpha value is -2.28. The van der Waals surface area contributed by atoms with Gasteiger partial charge in [0.2, 0.25) is 6.29 Å². The number of carbonyl (C=O) groups excluding carboxylic acids is 1. The molecule has 4 saturated carbocycles. The monoisotopic (exact) mass is 1250 g/mol. The minimum absolute atomic E-state index is 0.0683. The van der Waals surface area contributed by atoms with Crippen molar-refractivity contribution in [1.82, 2.24) is 0 Å². The lowest BCUT2D eigenvalue weighted by molar-refractivity contribution is -0.365. The number of hydrogen-bond donors (Lipinski definition) is 16. The molecule has 498 valence electrons. The molecule has 0 bridgehead atoms. The lowest BCUT2D eigenvalue weighted by atomic mass is 9.33. The molecule has 0 radical (unpaired) electrons. The second kappa shape index (κ2) is 24.9. The third-order valence-electron chi connectivity index (χ3n) is 23.2. The fourth-order valence-corrected chi connectivity index (χ4v) is 17.6. The molecule has 0 amide bonds. The Morgan fingerprint density at radius 2 is 1.20 bits per heavy atom. The van der Waals surface area contributed by atoms with Crippen LogP contribution in [0, 0.1) is 50.2 Å². The summed E-state index contributed by atoms with van der Waals surface area (Å²) in [4.78, 5) is 27.1. The first-order chi connectivity index (χ1) is 40.7. The maximum Gasteiger partial charge on any atom is 0.335 e. The van der Waals surface area contributed by atoms with Gasteiger partial charge >= 0.3 is 11.9 Å². The van der Waals surface area contributed by atoms with Crippen LogP contribution in [-0.2, 0) is 57.0 Å². The number of carboxylic acids is 1. The summed E-state index contributed by atoms with van der Waals surface area (Å²) >= 11 is 0. The van der Waals surface area contributed by atoms with Crippen molar-refractivity contribution < 1.29 is 139 Å². The summed E-state index contributed by atoms with van der Waals surface area (Å²) in [6.45, 7) is 12.4. The highest BCUT2D eigenvalue weighted by molar-refractivity contribution is 5.79. The second-order valence-electron chi connectivity index (χ2n) is 28.5. The van der Waals surface area contributed by atoms with Crippen molar-refractivity contribution in [3.63, 3.8) is 0 Å². The predicted octanol–water partition coefficient (Wildman–Crippen LogP) is -3.48. The van der Waals surface area contributed by atoms with Crippen LogP contribution in [0.2, 0.25) is 0 Å². The van der Waals surface area contributed by atoms with Crippen LogP contribution >= 0.6 is 0 Å². The Labute approximate surface area is 503 Å². The van der Waals surface area contributed by atoms with Crippen LogP contribution in [0.3, 0.4) is 0 Å². The molecule has 28 nitrogen and oxygen atoms in total. The number of carboxylic acid groups (broad SMARTS) is 1. The van der Waals surface area contributed by atoms with Crippen molar-refractivity contribution >= 4 is 11.9 Å². The number of rotatable bonds is 14. The lowest BCUT2D eigenvalue weighted by Crippen LogP contribution is -2.67. The van der Waals surface area contributed by atoms with Gasteiger partial charge in [-0.2, -0.15) is 0 Å². The molecule has 10 aliphatic rings.